The van der Waals surface area contributed by atoms with Gasteiger partial charge in [0.15, 0.2) is 0 Å². The molecule has 1 N–H and O–H groups in total. The normalized spacial score (nSPS) is 21.7. The second-order valence-corrected chi connectivity index (χ2v) is 6.26. The molecule has 15 heavy (non-hydrogen) atoms. The molecule has 0 amide bonds. The summed E-state index contributed by atoms with van der Waals surface area (Å²) in [6.07, 6.45) is 2.58. The number of carbonyl (C=O) groups is 1. The zero-order chi connectivity index (χ0) is 11.3. The van der Waals surface area contributed by atoms with Crippen molar-refractivity contribution in [3.63, 3.8) is 0 Å². The van der Waals surface area contributed by atoms with E-state index in [0.29, 0.717) is 11.8 Å². The molecule has 1 aliphatic rings. The number of rotatable bonds is 4. The predicted molar refractivity (Wildman–Crippen MR) is 64.2 cm³/mol. The van der Waals surface area contributed by atoms with Crippen LogP contribution in [0.15, 0.2) is 0 Å². The lowest BCUT2D eigenvalue weighted by molar-refractivity contribution is -0.153. The molecule has 3 nitrogen and oxygen atoms in total. The summed E-state index contributed by atoms with van der Waals surface area (Å²) in [5.41, 5.74) is -0.374. The molecule has 0 bridgehead atoms. The summed E-state index contributed by atoms with van der Waals surface area (Å²) >= 11 is 1.99. The maximum atomic E-state index is 11.3. The van der Waals surface area contributed by atoms with E-state index in [1.54, 1.807) is 0 Å². The van der Waals surface area contributed by atoms with E-state index in [1.807, 2.05) is 32.5 Å². The molecule has 0 aromatic carbocycles. The van der Waals surface area contributed by atoms with Gasteiger partial charge in [-0.1, -0.05) is 0 Å². The Labute approximate surface area is 96.3 Å². The van der Waals surface area contributed by atoms with Crippen molar-refractivity contribution in [2.24, 2.45) is 0 Å². The first-order valence-corrected chi connectivity index (χ1v) is 6.56. The van der Waals surface area contributed by atoms with Crippen LogP contribution in [0.25, 0.3) is 0 Å². The van der Waals surface area contributed by atoms with Gasteiger partial charge in [0.25, 0.3) is 0 Å². The van der Waals surface area contributed by atoms with Gasteiger partial charge in [-0.2, -0.15) is 11.8 Å². The van der Waals surface area contributed by atoms with Gasteiger partial charge in [-0.15, -0.1) is 0 Å². The van der Waals surface area contributed by atoms with Crippen LogP contribution in [0.3, 0.4) is 0 Å². The number of esters is 1. The van der Waals surface area contributed by atoms with Gasteiger partial charge in [-0.3, -0.25) is 4.79 Å². The third-order valence-corrected chi connectivity index (χ3v) is 3.48. The Bertz CT molecular complexity index is 207. The predicted octanol–water partition coefficient (Wildman–Crippen LogP) is 1.81. The Morgan fingerprint density at radius 2 is 2.27 bits per heavy atom. The van der Waals surface area contributed by atoms with Crippen LogP contribution in [-0.4, -0.2) is 35.7 Å². The van der Waals surface area contributed by atoms with Gasteiger partial charge in [0, 0.05) is 11.8 Å². The highest BCUT2D eigenvalue weighted by Gasteiger charge is 2.18. The van der Waals surface area contributed by atoms with Crippen LogP contribution in [0.1, 0.15) is 33.6 Å². The third-order valence-electron chi connectivity index (χ3n) is 2.09. The van der Waals surface area contributed by atoms with Gasteiger partial charge in [0.05, 0.1) is 6.54 Å². The zero-order valence-electron chi connectivity index (χ0n) is 9.84. The number of nitrogens with one attached hydrogen (secondary N) is 1. The van der Waals surface area contributed by atoms with E-state index in [4.69, 9.17) is 4.74 Å². The van der Waals surface area contributed by atoms with E-state index in [0.717, 1.165) is 6.54 Å². The van der Waals surface area contributed by atoms with Crippen molar-refractivity contribution in [2.45, 2.75) is 44.5 Å². The van der Waals surface area contributed by atoms with Crippen molar-refractivity contribution in [1.29, 1.82) is 0 Å². The number of carbonyl (C=O) groups excluding carboxylic acids is 1. The van der Waals surface area contributed by atoms with Gasteiger partial charge in [-0.05, 0) is 39.4 Å². The van der Waals surface area contributed by atoms with E-state index in [9.17, 15) is 4.79 Å². The summed E-state index contributed by atoms with van der Waals surface area (Å²) in [7, 11) is 0. The van der Waals surface area contributed by atoms with Crippen LogP contribution in [0.2, 0.25) is 0 Å². The van der Waals surface area contributed by atoms with E-state index in [-0.39, 0.29) is 11.6 Å². The first-order chi connectivity index (χ1) is 6.97. The first-order valence-electron chi connectivity index (χ1n) is 5.51. The molecule has 1 fully saturated rings. The maximum Gasteiger partial charge on any atom is 0.320 e. The zero-order valence-corrected chi connectivity index (χ0v) is 10.7. The molecule has 1 atom stereocenters. The van der Waals surface area contributed by atoms with Crippen molar-refractivity contribution in [1.82, 2.24) is 5.32 Å². The summed E-state index contributed by atoms with van der Waals surface area (Å²) in [4.78, 5) is 11.3. The van der Waals surface area contributed by atoms with Gasteiger partial charge >= 0.3 is 5.97 Å². The van der Waals surface area contributed by atoms with Crippen LogP contribution < -0.4 is 5.32 Å². The lowest BCUT2D eigenvalue weighted by Crippen LogP contribution is -2.34. The smallest absolute Gasteiger partial charge is 0.320 e. The van der Waals surface area contributed by atoms with Crippen molar-refractivity contribution >= 4 is 17.7 Å². The van der Waals surface area contributed by atoms with Crippen LogP contribution in [0.5, 0.6) is 0 Å². The molecule has 88 valence electrons. The second-order valence-electron chi connectivity index (χ2n) is 4.85. The molecular weight excluding hydrogens is 210 g/mol. The number of hydrogen-bond acceptors (Lipinski definition) is 4. The molecule has 1 rings (SSSR count). The van der Waals surface area contributed by atoms with Gasteiger partial charge in [0.2, 0.25) is 0 Å². The standard InChI is InChI=1S/C11H21NO2S/c1-11(2,3)14-10(13)8-12-7-9-5-4-6-15-9/h9,12H,4-8H2,1-3H3. The lowest BCUT2D eigenvalue weighted by Gasteiger charge is -2.19. The molecule has 1 heterocycles. The lowest BCUT2D eigenvalue weighted by atomic mass is 10.2. The summed E-state index contributed by atoms with van der Waals surface area (Å²) in [6.45, 7) is 6.91. The Hall–Kier alpha value is -0.220. The average Bonchev–Trinajstić information content (AvgIpc) is 2.53. The fourth-order valence-electron chi connectivity index (χ4n) is 1.52. The Kier molecular flexibility index (Phi) is 4.93. The van der Waals surface area contributed by atoms with Crippen LogP contribution in [0.4, 0.5) is 0 Å². The largest absolute Gasteiger partial charge is 0.459 e. The monoisotopic (exact) mass is 231 g/mol. The van der Waals surface area contributed by atoms with Crippen molar-refractivity contribution < 1.29 is 9.53 Å². The highest BCUT2D eigenvalue weighted by molar-refractivity contribution is 8.00. The molecule has 0 spiro atoms. The number of thioether (sulfide) groups is 1. The maximum absolute atomic E-state index is 11.3. The third kappa shape index (κ3) is 6.05. The summed E-state index contributed by atoms with van der Waals surface area (Å²) in [5.74, 6) is 1.10. The van der Waals surface area contributed by atoms with Crippen LogP contribution in [0, 0.1) is 0 Å². The molecule has 1 unspecified atom stereocenters. The minimum absolute atomic E-state index is 0.162. The van der Waals surface area contributed by atoms with E-state index < -0.39 is 0 Å². The van der Waals surface area contributed by atoms with Crippen molar-refractivity contribution in [2.75, 3.05) is 18.8 Å². The van der Waals surface area contributed by atoms with Gasteiger partial charge < -0.3 is 10.1 Å². The Balaban J connectivity index is 2.06. The average molecular weight is 231 g/mol. The molecule has 4 heteroatoms. The highest BCUT2D eigenvalue weighted by atomic mass is 32.2. The Morgan fingerprint density at radius 3 is 2.80 bits per heavy atom. The van der Waals surface area contributed by atoms with Crippen LogP contribution >= 0.6 is 11.8 Å². The summed E-state index contributed by atoms with van der Waals surface area (Å²) < 4.78 is 5.19. The van der Waals surface area contributed by atoms with Crippen LogP contribution in [-0.2, 0) is 9.53 Å². The minimum atomic E-state index is -0.374. The summed E-state index contributed by atoms with van der Waals surface area (Å²) in [6, 6.07) is 0. The van der Waals surface area contributed by atoms with Gasteiger partial charge in [-0.25, -0.2) is 0 Å². The molecule has 0 aromatic rings. The topological polar surface area (TPSA) is 38.3 Å². The van der Waals surface area contributed by atoms with E-state index in [1.165, 1.54) is 18.6 Å². The molecule has 1 aliphatic heterocycles. The van der Waals surface area contributed by atoms with Crippen molar-refractivity contribution in [3.05, 3.63) is 0 Å². The van der Waals surface area contributed by atoms with Crippen molar-refractivity contribution in [3.8, 4) is 0 Å². The molecule has 0 aromatic heterocycles. The first kappa shape index (κ1) is 12.8. The molecule has 0 aliphatic carbocycles. The van der Waals surface area contributed by atoms with E-state index in [2.05, 4.69) is 5.32 Å². The quantitative estimate of drug-likeness (QED) is 0.749. The summed E-state index contributed by atoms with van der Waals surface area (Å²) in [5, 5.41) is 3.84. The van der Waals surface area contributed by atoms with Gasteiger partial charge in [0.1, 0.15) is 5.60 Å². The van der Waals surface area contributed by atoms with E-state index >= 15 is 0 Å². The minimum Gasteiger partial charge on any atom is -0.459 e. The molecular formula is C11H21NO2S. The number of ether oxygens (including phenoxy) is 1. The molecule has 0 saturated carbocycles. The molecule has 1 saturated heterocycles. The highest BCUT2D eigenvalue weighted by Crippen LogP contribution is 2.25. The number of hydrogen-bond donors (Lipinski definition) is 1. The fourth-order valence-corrected chi connectivity index (χ4v) is 2.75. The fraction of sp³-hybridized carbons (Fsp3) is 0.909. The Morgan fingerprint density at radius 1 is 1.53 bits per heavy atom. The molecule has 0 radical (unpaired) electrons. The second kappa shape index (κ2) is 5.75. The SMILES string of the molecule is CC(C)(C)OC(=O)CNCC1CCCS1.